The van der Waals surface area contributed by atoms with Crippen LogP contribution in [0.15, 0.2) is 0 Å². The summed E-state index contributed by atoms with van der Waals surface area (Å²) in [6.45, 7) is 2.76. The van der Waals surface area contributed by atoms with Crippen LogP contribution in [-0.4, -0.2) is 19.7 Å². The molecule has 3 nitrogen and oxygen atoms in total. The molecule has 100 valence electrons. The molecule has 0 rings (SSSR count). The molecule has 0 aliphatic heterocycles. The van der Waals surface area contributed by atoms with Gasteiger partial charge in [0.15, 0.2) is 0 Å². The topological polar surface area (TPSA) is 35.5 Å². The van der Waals surface area contributed by atoms with Gasteiger partial charge in [0.25, 0.3) is 0 Å². The zero-order valence-corrected chi connectivity index (χ0v) is 10.9. The fourth-order valence-electron chi connectivity index (χ4n) is 1.83. The van der Waals surface area contributed by atoms with Gasteiger partial charge in [-0.25, -0.2) is 4.79 Å². The number of ether oxygens (including phenoxy) is 2. The van der Waals surface area contributed by atoms with Crippen molar-refractivity contribution in [2.45, 2.75) is 64.2 Å². The molecule has 0 unspecified atom stereocenters. The molecule has 0 heterocycles. The van der Waals surface area contributed by atoms with Crippen LogP contribution in [-0.2, 0) is 14.3 Å². The van der Waals surface area contributed by atoms with Crippen LogP contribution < -0.4 is 0 Å². The first-order valence-corrected chi connectivity index (χ1v) is 6.77. The van der Waals surface area contributed by atoms with Gasteiger partial charge in [-0.15, -0.1) is 0 Å². The fraction of sp³-hybridized carbons (Fsp3) is 0.857. The smallest absolute Gasteiger partial charge is 0.417 e. The second kappa shape index (κ2) is 15.4. The summed E-state index contributed by atoms with van der Waals surface area (Å²) in [4.78, 5) is 9.75. The normalized spacial score (nSPS) is 10.4. The number of rotatable bonds is 14. The third-order valence-electron chi connectivity index (χ3n) is 2.84. The molecule has 17 heavy (non-hydrogen) atoms. The summed E-state index contributed by atoms with van der Waals surface area (Å²) < 4.78 is 9.26. The van der Waals surface area contributed by atoms with Gasteiger partial charge in [0.1, 0.15) is 0 Å². The summed E-state index contributed by atoms with van der Waals surface area (Å²) in [6, 6.07) is 0. The van der Waals surface area contributed by atoms with E-state index in [4.69, 9.17) is 4.74 Å². The van der Waals surface area contributed by atoms with E-state index in [2.05, 4.69) is 11.8 Å². The van der Waals surface area contributed by atoms with E-state index >= 15 is 0 Å². The van der Waals surface area contributed by atoms with E-state index in [1.165, 1.54) is 51.4 Å². The van der Waals surface area contributed by atoms with Crippen molar-refractivity contribution < 1.29 is 14.3 Å². The Morgan fingerprint density at radius 3 is 1.53 bits per heavy atom. The van der Waals surface area contributed by atoms with E-state index in [1.807, 2.05) is 0 Å². The molecule has 0 bridgehead atoms. The fourth-order valence-corrected chi connectivity index (χ4v) is 1.83. The van der Waals surface area contributed by atoms with Crippen molar-refractivity contribution in [3.8, 4) is 0 Å². The lowest BCUT2D eigenvalue weighted by atomic mass is 10.1. The molecular formula is C14H26O3. The standard InChI is InChI=1S/C14H26O3/c1-16-12-10-8-6-4-2-3-5-7-9-11-13-17-14-15/h1-13H2. The highest BCUT2D eigenvalue weighted by atomic mass is 16.5. The minimum atomic E-state index is 0.526. The molecule has 0 fully saturated rings. The van der Waals surface area contributed by atoms with E-state index < -0.39 is 0 Å². The Hall–Kier alpha value is -0.570. The highest BCUT2D eigenvalue weighted by Gasteiger charge is 1.93. The molecule has 0 saturated carbocycles. The van der Waals surface area contributed by atoms with Gasteiger partial charge < -0.3 is 9.47 Å². The van der Waals surface area contributed by atoms with E-state index in [0.717, 1.165) is 25.9 Å². The lowest BCUT2D eigenvalue weighted by Gasteiger charge is -2.02. The summed E-state index contributed by atoms with van der Waals surface area (Å²) in [6.07, 6.45) is 12.4. The maximum atomic E-state index is 9.75. The number of carbonyl (C=O) groups excluding carboxylic acids is 1. The minimum absolute atomic E-state index is 0.526. The molecule has 0 aliphatic carbocycles. The Kier molecular flexibility index (Phi) is 14.9. The van der Waals surface area contributed by atoms with Gasteiger partial charge in [-0.05, 0) is 12.8 Å². The highest BCUT2D eigenvalue weighted by Crippen LogP contribution is 2.10. The predicted molar refractivity (Wildman–Crippen MR) is 69.1 cm³/mol. The Morgan fingerprint density at radius 1 is 0.706 bits per heavy atom. The molecule has 0 aliphatic rings. The van der Waals surface area contributed by atoms with Crippen LogP contribution >= 0.6 is 0 Å². The van der Waals surface area contributed by atoms with E-state index in [-0.39, 0.29) is 0 Å². The summed E-state index contributed by atoms with van der Waals surface area (Å²) in [7, 11) is 3.35. The Labute approximate surface area is 106 Å². The van der Waals surface area contributed by atoms with E-state index in [0.29, 0.717) is 6.61 Å². The average Bonchev–Trinajstić information content (AvgIpc) is 2.35. The molecule has 0 spiro atoms. The minimum Gasteiger partial charge on any atom is -0.457 e. The van der Waals surface area contributed by atoms with Crippen molar-refractivity contribution in [3.05, 3.63) is 7.11 Å². The second-order valence-corrected chi connectivity index (χ2v) is 4.38. The van der Waals surface area contributed by atoms with Gasteiger partial charge in [-0.1, -0.05) is 51.4 Å². The zero-order chi connectivity index (χ0) is 12.6. The first-order chi connectivity index (χ1) is 8.41. The van der Waals surface area contributed by atoms with Crippen LogP contribution in [0.25, 0.3) is 0 Å². The van der Waals surface area contributed by atoms with Crippen molar-refractivity contribution in [2.24, 2.45) is 0 Å². The molecule has 2 radical (unpaired) electrons. The number of hydrogen-bond acceptors (Lipinski definition) is 3. The lowest BCUT2D eigenvalue weighted by Crippen LogP contribution is -1.91. The molecule has 0 atom stereocenters. The van der Waals surface area contributed by atoms with Crippen molar-refractivity contribution in [1.82, 2.24) is 0 Å². The van der Waals surface area contributed by atoms with Crippen molar-refractivity contribution >= 4 is 6.47 Å². The van der Waals surface area contributed by atoms with E-state index in [1.54, 1.807) is 0 Å². The summed E-state index contributed by atoms with van der Waals surface area (Å²) >= 11 is 0. The highest BCUT2D eigenvalue weighted by molar-refractivity contribution is 5.37. The van der Waals surface area contributed by atoms with Crippen LogP contribution in [0.1, 0.15) is 64.2 Å². The third kappa shape index (κ3) is 15.4. The van der Waals surface area contributed by atoms with Gasteiger partial charge in [-0.3, -0.25) is 0 Å². The number of hydrogen-bond donors (Lipinski definition) is 0. The zero-order valence-electron chi connectivity index (χ0n) is 10.9. The molecule has 0 aromatic heterocycles. The third-order valence-corrected chi connectivity index (χ3v) is 2.84. The Balaban J connectivity index is 2.87. The lowest BCUT2D eigenvalue weighted by molar-refractivity contribution is 0.233. The summed E-state index contributed by atoms with van der Waals surface area (Å²) in [5.41, 5.74) is 0. The van der Waals surface area contributed by atoms with Crippen LogP contribution in [0.2, 0.25) is 0 Å². The quantitative estimate of drug-likeness (QED) is 0.435. The van der Waals surface area contributed by atoms with Crippen molar-refractivity contribution in [3.63, 3.8) is 0 Å². The predicted octanol–water partition coefficient (Wildman–Crippen LogP) is 3.78. The monoisotopic (exact) mass is 242 g/mol. The van der Waals surface area contributed by atoms with Gasteiger partial charge in [0.05, 0.1) is 13.7 Å². The first-order valence-electron chi connectivity index (χ1n) is 6.77. The maximum Gasteiger partial charge on any atom is 0.417 e. The van der Waals surface area contributed by atoms with Crippen LogP contribution in [0.5, 0.6) is 0 Å². The van der Waals surface area contributed by atoms with Crippen molar-refractivity contribution in [1.29, 1.82) is 0 Å². The molecule has 0 aromatic rings. The molecule has 0 amide bonds. The first kappa shape index (κ1) is 16.4. The van der Waals surface area contributed by atoms with Crippen molar-refractivity contribution in [2.75, 3.05) is 13.2 Å². The molecule has 0 saturated heterocycles. The SMILES string of the molecule is [CH2]OCCCCCCCCCCCCO[C]=O. The van der Waals surface area contributed by atoms with Crippen LogP contribution in [0, 0.1) is 7.11 Å². The van der Waals surface area contributed by atoms with Gasteiger partial charge in [0, 0.05) is 6.61 Å². The Bertz CT molecular complexity index is 148. The van der Waals surface area contributed by atoms with Gasteiger partial charge in [-0.2, -0.15) is 0 Å². The molecule has 3 heteroatoms. The average molecular weight is 242 g/mol. The molecule has 0 aromatic carbocycles. The second-order valence-electron chi connectivity index (χ2n) is 4.38. The maximum absolute atomic E-state index is 9.75. The van der Waals surface area contributed by atoms with E-state index in [9.17, 15) is 4.79 Å². The molecular weight excluding hydrogens is 216 g/mol. The number of unbranched alkanes of at least 4 members (excludes halogenated alkanes) is 9. The Morgan fingerprint density at radius 2 is 1.12 bits per heavy atom. The van der Waals surface area contributed by atoms with Crippen LogP contribution in [0.3, 0.4) is 0 Å². The van der Waals surface area contributed by atoms with Crippen LogP contribution in [0.4, 0.5) is 0 Å². The summed E-state index contributed by atoms with van der Waals surface area (Å²) in [5, 5.41) is 0. The molecule has 0 N–H and O–H groups in total. The largest absolute Gasteiger partial charge is 0.457 e. The summed E-state index contributed by atoms with van der Waals surface area (Å²) in [5.74, 6) is 0. The van der Waals surface area contributed by atoms with Gasteiger partial charge >= 0.3 is 6.47 Å². The van der Waals surface area contributed by atoms with Gasteiger partial charge in [0.2, 0.25) is 0 Å².